The van der Waals surface area contributed by atoms with Crippen LogP contribution in [0.5, 0.6) is 0 Å². The molecule has 0 aromatic carbocycles. The number of hydrogen-bond donors (Lipinski definition) is 2. The van der Waals surface area contributed by atoms with Gasteiger partial charge >= 0.3 is 12.2 Å². The lowest BCUT2D eigenvalue weighted by Gasteiger charge is -2.07. The number of aromatic amines is 2. The lowest BCUT2D eigenvalue weighted by atomic mass is 10.1. The van der Waals surface area contributed by atoms with Crippen LogP contribution in [0, 0.1) is 5.95 Å². The zero-order valence-electron chi connectivity index (χ0n) is 14.5. The van der Waals surface area contributed by atoms with Crippen LogP contribution in [0.2, 0.25) is 0 Å². The smallest absolute Gasteiger partial charge is 0.313 e. The fourth-order valence-corrected chi connectivity index (χ4v) is 3.53. The van der Waals surface area contributed by atoms with Crippen LogP contribution in [0.15, 0.2) is 40.4 Å². The Kier molecular flexibility index (Phi) is 3.69. The molecule has 0 bridgehead atoms. The zero-order valence-corrected chi connectivity index (χ0v) is 14.5. The maximum Gasteiger partial charge on any atom is 0.333 e. The number of fused-ring (bicyclic) bond motifs is 1. The lowest BCUT2D eigenvalue weighted by Crippen LogP contribution is -2.23. The fraction of sp³-hybridized carbons (Fsp3) is 0.235. The quantitative estimate of drug-likeness (QED) is 0.539. The van der Waals surface area contributed by atoms with E-state index in [1.807, 2.05) is 0 Å². The molecule has 0 aliphatic heterocycles. The molecule has 1 fully saturated rings. The van der Waals surface area contributed by atoms with Gasteiger partial charge in [-0.05, 0) is 29.9 Å². The third kappa shape index (κ3) is 2.83. The zero-order chi connectivity index (χ0) is 20.3. The van der Waals surface area contributed by atoms with Crippen molar-refractivity contribution in [3.63, 3.8) is 0 Å². The molecule has 2 N–H and O–H groups in total. The first-order valence-corrected chi connectivity index (χ1v) is 8.61. The van der Waals surface area contributed by atoms with E-state index in [0.717, 1.165) is 10.7 Å². The van der Waals surface area contributed by atoms with Gasteiger partial charge in [-0.15, -0.1) is 0 Å². The Morgan fingerprint density at radius 2 is 2.03 bits per heavy atom. The van der Waals surface area contributed by atoms with Crippen LogP contribution in [0.4, 0.5) is 13.2 Å². The summed E-state index contributed by atoms with van der Waals surface area (Å²) in [6.07, 6.45) is 5.51. The van der Waals surface area contributed by atoms with Gasteiger partial charge in [-0.25, -0.2) is 14.5 Å². The van der Waals surface area contributed by atoms with Gasteiger partial charge in [0.1, 0.15) is 0 Å². The lowest BCUT2D eigenvalue weighted by molar-refractivity contribution is 0.0565. The fourth-order valence-electron chi connectivity index (χ4n) is 3.53. The molecule has 0 spiro atoms. The molecule has 4 aromatic rings. The Morgan fingerprint density at radius 1 is 1.21 bits per heavy atom. The van der Waals surface area contributed by atoms with E-state index in [9.17, 15) is 22.8 Å². The van der Waals surface area contributed by atoms with Crippen molar-refractivity contribution < 1.29 is 13.2 Å². The van der Waals surface area contributed by atoms with Crippen molar-refractivity contribution in [2.45, 2.75) is 24.8 Å². The van der Waals surface area contributed by atoms with Crippen LogP contribution in [0.1, 0.15) is 35.9 Å². The van der Waals surface area contributed by atoms with Crippen molar-refractivity contribution in [3.8, 4) is 11.3 Å². The SMILES string of the molecule is O=c1[nH]cc(-c2cc([C@H]3C[C@@H]3c3cnn(C(F)F)c3)c3ncc(F)n3n2)c(=O)[nH]1. The Morgan fingerprint density at radius 3 is 2.76 bits per heavy atom. The highest BCUT2D eigenvalue weighted by atomic mass is 19.3. The van der Waals surface area contributed by atoms with Gasteiger partial charge in [-0.3, -0.25) is 9.78 Å². The predicted molar refractivity (Wildman–Crippen MR) is 93.2 cm³/mol. The van der Waals surface area contributed by atoms with E-state index in [2.05, 4.69) is 25.1 Å². The van der Waals surface area contributed by atoms with Gasteiger partial charge in [-0.2, -0.15) is 27.9 Å². The van der Waals surface area contributed by atoms with Crippen LogP contribution in [-0.4, -0.2) is 34.3 Å². The molecule has 1 saturated carbocycles. The molecule has 2 atom stereocenters. The van der Waals surface area contributed by atoms with Crippen LogP contribution in [-0.2, 0) is 0 Å². The van der Waals surface area contributed by atoms with E-state index >= 15 is 0 Å². The number of aromatic nitrogens is 7. The Labute approximate surface area is 158 Å². The molecular formula is C17H12F3N7O2. The number of nitrogens with one attached hydrogen (secondary N) is 2. The van der Waals surface area contributed by atoms with Crippen LogP contribution < -0.4 is 11.2 Å². The van der Waals surface area contributed by atoms with E-state index < -0.39 is 23.7 Å². The molecule has 1 aliphatic carbocycles. The first-order chi connectivity index (χ1) is 13.9. The molecule has 0 radical (unpaired) electrons. The van der Waals surface area contributed by atoms with Crippen molar-refractivity contribution in [3.05, 3.63) is 68.8 Å². The monoisotopic (exact) mass is 403 g/mol. The average Bonchev–Trinajstić information content (AvgIpc) is 3.14. The molecular weight excluding hydrogens is 391 g/mol. The minimum atomic E-state index is -2.73. The number of halogens is 3. The van der Waals surface area contributed by atoms with Gasteiger partial charge in [0.2, 0.25) is 5.95 Å². The van der Waals surface area contributed by atoms with E-state index in [1.54, 1.807) is 6.07 Å². The van der Waals surface area contributed by atoms with Crippen molar-refractivity contribution in [2.75, 3.05) is 0 Å². The standard InChI is InChI=1S/C17H12F3N7O2/c18-13-5-21-14-10(9-1-8(9)7-3-23-26(6-7)16(19)20)2-12(25-27(13)14)11-4-22-17(29)24-15(11)28/h2-6,8-9,16H,1H2,(H2,22,24,28,29)/t8-,9+/m1/s1. The summed E-state index contributed by atoms with van der Waals surface area (Å²) in [6.45, 7) is -2.73. The van der Waals surface area contributed by atoms with Gasteiger partial charge in [0.05, 0.1) is 23.7 Å². The number of nitrogens with zero attached hydrogens (tertiary/aromatic N) is 5. The highest BCUT2D eigenvalue weighted by Gasteiger charge is 2.42. The summed E-state index contributed by atoms with van der Waals surface area (Å²) in [5.41, 5.74) is 0.407. The summed E-state index contributed by atoms with van der Waals surface area (Å²) in [5.74, 6) is -0.930. The minimum Gasteiger partial charge on any atom is -0.313 e. The van der Waals surface area contributed by atoms with E-state index in [1.165, 1.54) is 18.6 Å². The summed E-state index contributed by atoms with van der Waals surface area (Å²) >= 11 is 0. The molecule has 12 heteroatoms. The summed E-state index contributed by atoms with van der Waals surface area (Å²) in [7, 11) is 0. The third-order valence-electron chi connectivity index (χ3n) is 4.99. The Hall–Kier alpha value is -3.70. The average molecular weight is 403 g/mol. The van der Waals surface area contributed by atoms with Crippen molar-refractivity contribution in [1.29, 1.82) is 0 Å². The molecule has 29 heavy (non-hydrogen) atoms. The first-order valence-electron chi connectivity index (χ1n) is 8.61. The highest BCUT2D eigenvalue weighted by molar-refractivity contribution is 5.63. The predicted octanol–water partition coefficient (Wildman–Crippen LogP) is 1.77. The van der Waals surface area contributed by atoms with Crippen molar-refractivity contribution in [1.82, 2.24) is 34.3 Å². The number of rotatable bonds is 4. The van der Waals surface area contributed by atoms with Gasteiger partial charge in [0.25, 0.3) is 5.56 Å². The molecule has 4 heterocycles. The molecule has 9 nitrogen and oxygen atoms in total. The Balaban J connectivity index is 1.60. The second kappa shape index (κ2) is 6.15. The maximum absolute atomic E-state index is 14.2. The van der Waals surface area contributed by atoms with Crippen LogP contribution in [0.25, 0.3) is 16.9 Å². The first kappa shape index (κ1) is 17.4. The normalized spacial score (nSPS) is 18.6. The van der Waals surface area contributed by atoms with Crippen LogP contribution >= 0.6 is 0 Å². The van der Waals surface area contributed by atoms with E-state index in [-0.39, 0.29) is 28.7 Å². The van der Waals surface area contributed by atoms with Crippen molar-refractivity contribution >= 4 is 5.65 Å². The minimum absolute atomic E-state index is 0.0589. The van der Waals surface area contributed by atoms with E-state index in [0.29, 0.717) is 22.2 Å². The summed E-state index contributed by atoms with van der Waals surface area (Å²) in [6, 6.07) is 1.60. The molecule has 0 amide bonds. The molecule has 4 aromatic heterocycles. The van der Waals surface area contributed by atoms with Gasteiger partial charge < -0.3 is 4.98 Å². The molecule has 0 unspecified atom stereocenters. The second-order valence-electron chi connectivity index (χ2n) is 6.77. The number of alkyl halides is 2. The maximum atomic E-state index is 14.2. The number of hydrogen-bond acceptors (Lipinski definition) is 5. The van der Waals surface area contributed by atoms with Crippen LogP contribution in [0.3, 0.4) is 0 Å². The number of imidazole rings is 1. The molecule has 5 rings (SSSR count). The highest BCUT2D eigenvalue weighted by Crippen LogP contribution is 2.55. The summed E-state index contributed by atoms with van der Waals surface area (Å²) in [4.78, 5) is 31.9. The number of H-pyrrole nitrogens is 2. The topological polar surface area (TPSA) is 114 Å². The third-order valence-corrected chi connectivity index (χ3v) is 4.99. The second-order valence-corrected chi connectivity index (χ2v) is 6.77. The largest absolute Gasteiger partial charge is 0.333 e. The molecule has 0 saturated heterocycles. The van der Waals surface area contributed by atoms with Gasteiger partial charge in [0.15, 0.2) is 5.65 Å². The van der Waals surface area contributed by atoms with Gasteiger partial charge in [0, 0.05) is 18.0 Å². The van der Waals surface area contributed by atoms with E-state index in [4.69, 9.17) is 0 Å². The summed E-state index contributed by atoms with van der Waals surface area (Å²) < 4.78 is 41.3. The molecule has 148 valence electrons. The van der Waals surface area contributed by atoms with Crippen molar-refractivity contribution in [2.24, 2.45) is 0 Å². The van der Waals surface area contributed by atoms with Gasteiger partial charge in [-0.1, -0.05) is 0 Å². The Bertz CT molecular complexity index is 1350. The molecule has 1 aliphatic rings. The summed E-state index contributed by atoms with van der Waals surface area (Å²) in [5, 5.41) is 7.76.